The van der Waals surface area contributed by atoms with Crippen molar-refractivity contribution in [3.8, 4) is 17.2 Å². The van der Waals surface area contributed by atoms with E-state index in [1.165, 1.54) is 13.2 Å². The molecule has 0 fully saturated rings. The van der Waals surface area contributed by atoms with Crippen molar-refractivity contribution in [2.24, 2.45) is 0 Å². The Balaban J connectivity index is 1.84. The molecule has 0 saturated heterocycles. The van der Waals surface area contributed by atoms with E-state index < -0.39 is 5.82 Å². The van der Waals surface area contributed by atoms with Gasteiger partial charge in [0, 0.05) is 12.5 Å². The maximum atomic E-state index is 14.2. The van der Waals surface area contributed by atoms with Gasteiger partial charge >= 0.3 is 0 Å². The Morgan fingerprint density at radius 1 is 1.33 bits per heavy atom. The summed E-state index contributed by atoms with van der Waals surface area (Å²) in [5.41, 5.74) is 1.00. The fourth-order valence-electron chi connectivity index (χ4n) is 2.39. The largest absolute Gasteiger partial charge is 0.497 e. The molecular formula is C17H19FN4O2. The van der Waals surface area contributed by atoms with Crippen LogP contribution in [-0.2, 0) is 13.0 Å². The van der Waals surface area contributed by atoms with E-state index in [-0.39, 0.29) is 5.89 Å². The second-order valence-corrected chi connectivity index (χ2v) is 5.48. The van der Waals surface area contributed by atoms with Gasteiger partial charge < -0.3 is 9.15 Å². The Hall–Kier alpha value is -2.70. The summed E-state index contributed by atoms with van der Waals surface area (Å²) in [6.07, 6.45) is 3.51. The third-order valence-corrected chi connectivity index (χ3v) is 3.67. The van der Waals surface area contributed by atoms with Crippen LogP contribution < -0.4 is 4.74 Å². The van der Waals surface area contributed by atoms with E-state index in [0.717, 1.165) is 18.7 Å². The molecule has 3 aromatic rings. The summed E-state index contributed by atoms with van der Waals surface area (Å²) >= 11 is 0. The number of benzene rings is 1. The number of hydrogen-bond donors (Lipinski definition) is 0. The number of rotatable bonds is 6. The molecule has 24 heavy (non-hydrogen) atoms. The predicted molar refractivity (Wildman–Crippen MR) is 86.3 cm³/mol. The van der Waals surface area contributed by atoms with Crippen LogP contribution >= 0.6 is 0 Å². The number of ether oxygens (including phenoxy) is 1. The predicted octanol–water partition coefficient (Wildman–Crippen LogP) is 3.39. The molecular weight excluding hydrogens is 311 g/mol. The van der Waals surface area contributed by atoms with Crippen LogP contribution in [-0.4, -0.2) is 26.9 Å². The van der Waals surface area contributed by atoms with Crippen molar-refractivity contribution in [1.29, 1.82) is 0 Å². The number of oxazole rings is 1. The molecule has 7 heteroatoms. The summed E-state index contributed by atoms with van der Waals surface area (Å²) in [5, 5.41) is 4.39. The highest BCUT2D eigenvalue weighted by Gasteiger charge is 2.16. The SMILES string of the molecule is CCCc1ncn(Cc2nc(-c3ccc(OC)cc3F)oc2C)n1. The van der Waals surface area contributed by atoms with Gasteiger partial charge in [-0.05, 0) is 25.5 Å². The first-order chi connectivity index (χ1) is 11.6. The van der Waals surface area contributed by atoms with Gasteiger partial charge in [-0.2, -0.15) is 5.10 Å². The molecule has 0 N–H and O–H groups in total. The lowest BCUT2D eigenvalue weighted by Crippen LogP contribution is -2.03. The molecule has 6 nitrogen and oxygen atoms in total. The monoisotopic (exact) mass is 330 g/mol. The fraction of sp³-hybridized carbons (Fsp3) is 0.353. The van der Waals surface area contributed by atoms with Crippen LogP contribution in [0.3, 0.4) is 0 Å². The third-order valence-electron chi connectivity index (χ3n) is 3.67. The van der Waals surface area contributed by atoms with E-state index in [9.17, 15) is 4.39 Å². The average molecular weight is 330 g/mol. The number of nitrogens with zero attached hydrogens (tertiary/aromatic N) is 4. The average Bonchev–Trinajstić information content (AvgIpc) is 3.15. The minimum Gasteiger partial charge on any atom is -0.497 e. The van der Waals surface area contributed by atoms with Gasteiger partial charge in [0.2, 0.25) is 5.89 Å². The van der Waals surface area contributed by atoms with Crippen molar-refractivity contribution in [3.63, 3.8) is 0 Å². The van der Waals surface area contributed by atoms with Crippen molar-refractivity contribution in [2.45, 2.75) is 33.2 Å². The molecule has 0 aliphatic carbocycles. The van der Waals surface area contributed by atoms with Crippen LogP contribution in [0.15, 0.2) is 28.9 Å². The van der Waals surface area contributed by atoms with E-state index in [2.05, 4.69) is 22.0 Å². The first kappa shape index (κ1) is 16.2. The van der Waals surface area contributed by atoms with Crippen LogP contribution in [0.2, 0.25) is 0 Å². The van der Waals surface area contributed by atoms with Crippen LogP contribution in [0.1, 0.15) is 30.6 Å². The zero-order valence-electron chi connectivity index (χ0n) is 13.9. The quantitative estimate of drug-likeness (QED) is 0.693. The molecule has 0 unspecified atom stereocenters. The highest BCUT2D eigenvalue weighted by molar-refractivity contribution is 5.56. The second-order valence-electron chi connectivity index (χ2n) is 5.48. The molecule has 0 atom stereocenters. The first-order valence-electron chi connectivity index (χ1n) is 7.79. The highest BCUT2D eigenvalue weighted by Crippen LogP contribution is 2.27. The Labute approximate surface area is 139 Å². The smallest absolute Gasteiger partial charge is 0.229 e. The Bertz CT molecular complexity index is 841. The van der Waals surface area contributed by atoms with Crippen molar-refractivity contribution in [2.75, 3.05) is 7.11 Å². The topological polar surface area (TPSA) is 66.0 Å². The zero-order chi connectivity index (χ0) is 17.1. The first-order valence-corrected chi connectivity index (χ1v) is 7.79. The lowest BCUT2D eigenvalue weighted by atomic mass is 10.2. The van der Waals surface area contributed by atoms with E-state index in [1.807, 2.05) is 0 Å². The zero-order valence-corrected chi connectivity index (χ0v) is 13.9. The highest BCUT2D eigenvalue weighted by atomic mass is 19.1. The molecule has 0 aliphatic heterocycles. The summed E-state index contributed by atoms with van der Waals surface area (Å²) in [5.74, 6) is 1.70. The molecule has 1 aromatic carbocycles. The van der Waals surface area contributed by atoms with E-state index in [4.69, 9.17) is 9.15 Å². The molecule has 0 spiro atoms. The van der Waals surface area contributed by atoms with Gasteiger partial charge in [-0.15, -0.1) is 0 Å². The standard InChI is InChI=1S/C17H19FN4O2/c1-4-5-16-19-10-22(21-16)9-15-11(2)24-17(20-15)13-7-6-12(23-3)8-14(13)18/h6-8,10H,4-5,9H2,1-3H3. The van der Waals surface area contributed by atoms with Gasteiger partial charge in [0.1, 0.15) is 29.3 Å². The summed E-state index contributed by atoms with van der Waals surface area (Å²) in [6, 6.07) is 4.58. The summed E-state index contributed by atoms with van der Waals surface area (Å²) in [6.45, 7) is 4.32. The van der Waals surface area contributed by atoms with Crippen LogP contribution in [0.4, 0.5) is 4.39 Å². The van der Waals surface area contributed by atoms with Crippen molar-refractivity contribution in [1.82, 2.24) is 19.7 Å². The molecule has 0 amide bonds. The van der Waals surface area contributed by atoms with E-state index in [1.54, 1.807) is 30.1 Å². The molecule has 126 valence electrons. The lowest BCUT2D eigenvalue weighted by Gasteiger charge is -2.02. The molecule has 2 heterocycles. The minimum absolute atomic E-state index is 0.247. The number of hydrogen-bond acceptors (Lipinski definition) is 5. The van der Waals surface area contributed by atoms with Crippen LogP contribution in [0.25, 0.3) is 11.5 Å². The minimum atomic E-state index is -0.437. The van der Waals surface area contributed by atoms with Crippen LogP contribution in [0.5, 0.6) is 5.75 Å². The van der Waals surface area contributed by atoms with Crippen LogP contribution in [0, 0.1) is 12.7 Å². The maximum absolute atomic E-state index is 14.2. The van der Waals surface area contributed by atoms with E-state index in [0.29, 0.717) is 29.3 Å². The van der Waals surface area contributed by atoms with Gasteiger partial charge in [-0.25, -0.2) is 19.0 Å². The number of methoxy groups -OCH3 is 1. The van der Waals surface area contributed by atoms with Gasteiger partial charge in [0.05, 0.1) is 19.2 Å². The number of aromatic nitrogens is 4. The Morgan fingerprint density at radius 2 is 2.17 bits per heavy atom. The maximum Gasteiger partial charge on any atom is 0.229 e. The molecule has 2 aromatic heterocycles. The van der Waals surface area contributed by atoms with Gasteiger partial charge in [-0.3, -0.25) is 0 Å². The number of aryl methyl sites for hydroxylation is 2. The van der Waals surface area contributed by atoms with Gasteiger partial charge in [0.15, 0.2) is 5.82 Å². The van der Waals surface area contributed by atoms with E-state index >= 15 is 0 Å². The van der Waals surface area contributed by atoms with Crippen molar-refractivity contribution >= 4 is 0 Å². The Kier molecular flexibility index (Phi) is 4.59. The molecule has 0 aliphatic rings. The summed E-state index contributed by atoms with van der Waals surface area (Å²) in [4.78, 5) is 8.66. The molecule has 0 saturated carbocycles. The third kappa shape index (κ3) is 3.29. The normalized spacial score (nSPS) is 11.0. The van der Waals surface area contributed by atoms with Crippen molar-refractivity contribution < 1.29 is 13.5 Å². The molecule has 0 bridgehead atoms. The second kappa shape index (κ2) is 6.82. The van der Waals surface area contributed by atoms with Gasteiger partial charge in [-0.1, -0.05) is 6.92 Å². The Morgan fingerprint density at radius 3 is 2.88 bits per heavy atom. The fourth-order valence-corrected chi connectivity index (χ4v) is 2.39. The summed E-state index contributed by atoms with van der Waals surface area (Å²) in [7, 11) is 1.49. The molecule has 3 rings (SSSR count). The number of halogens is 1. The lowest BCUT2D eigenvalue weighted by molar-refractivity contribution is 0.411. The van der Waals surface area contributed by atoms with Gasteiger partial charge in [0.25, 0.3) is 0 Å². The molecule has 0 radical (unpaired) electrons. The van der Waals surface area contributed by atoms with Crippen molar-refractivity contribution in [3.05, 3.63) is 47.6 Å². The summed E-state index contributed by atoms with van der Waals surface area (Å²) < 4.78 is 26.5.